The van der Waals surface area contributed by atoms with Gasteiger partial charge in [0, 0.05) is 13.0 Å². The van der Waals surface area contributed by atoms with E-state index >= 15 is 0 Å². The third-order valence-electron chi connectivity index (χ3n) is 2.13. The van der Waals surface area contributed by atoms with Gasteiger partial charge in [0.2, 0.25) is 5.91 Å². The molecule has 0 saturated heterocycles. The van der Waals surface area contributed by atoms with Crippen LogP contribution in [0.2, 0.25) is 0 Å². The molecule has 0 bridgehead atoms. The topological polar surface area (TPSA) is 29.1 Å². The number of amides is 1. The van der Waals surface area contributed by atoms with Crippen molar-refractivity contribution < 1.29 is 4.79 Å². The first-order valence-corrected chi connectivity index (χ1v) is 4.97. The molecule has 1 unspecified atom stereocenters. The minimum Gasteiger partial charge on any atom is -0.356 e. The Morgan fingerprint density at radius 1 is 1.42 bits per heavy atom. The molecule has 0 fully saturated rings. The van der Waals surface area contributed by atoms with Crippen LogP contribution in [0, 0.1) is 5.92 Å². The molecule has 0 aromatic heterocycles. The van der Waals surface area contributed by atoms with Crippen LogP contribution in [0.25, 0.3) is 0 Å². The normalized spacial score (nSPS) is 12.6. The quantitative estimate of drug-likeness (QED) is 0.653. The number of carbonyl (C=O) groups excluding carboxylic acids is 1. The molecular weight excluding hydrogens is 150 g/mol. The van der Waals surface area contributed by atoms with E-state index in [1.807, 2.05) is 0 Å². The molecule has 2 heteroatoms. The Hall–Kier alpha value is -0.530. The van der Waals surface area contributed by atoms with E-state index in [9.17, 15) is 4.79 Å². The zero-order valence-electron chi connectivity index (χ0n) is 8.52. The molecule has 1 amide bonds. The summed E-state index contributed by atoms with van der Waals surface area (Å²) in [5.41, 5.74) is 0. The van der Waals surface area contributed by atoms with Crippen LogP contribution in [-0.4, -0.2) is 12.5 Å². The molecule has 0 aliphatic rings. The molecule has 12 heavy (non-hydrogen) atoms. The summed E-state index contributed by atoms with van der Waals surface area (Å²) in [7, 11) is 0. The monoisotopic (exact) mass is 171 g/mol. The highest BCUT2D eigenvalue weighted by Gasteiger charge is 2.03. The van der Waals surface area contributed by atoms with Gasteiger partial charge in [-0.25, -0.2) is 0 Å². The maximum atomic E-state index is 11.1. The van der Waals surface area contributed by atoms with E-state index in [1.165, 1.54) is 6.42 Å². The number of hydrogen-bond donors (Lipinski definition) is 1. The van der Waals surface area contributed by atoms with Crippen LogP contribution < -0.4 is 5.32 Å². The van der Waals surface area contributed by atoms with Crippen molar-refractivity contribution in [1.29, 1.82) is 0 Å². The molecule has 1 N–H and O–H groups in total. The van der Waals surface area contributed by atoms with Gasteiger partial charge in [0.15, 0.2) is 0 Å². The van der Waals surface area contributed by atoms with Gasteiger partial charge in [-0.05, 0) is 18.8 Å². The first kappa shape index (κ1) is 11.5. The van der Waals surface area contributed by atoms with Gasteiger partial charge in [-0.2, -0.15) is 0 Å². The molecular formula is C10H21NO. The first-order valence-electron chi connectivity index (χ1n) is 4.97. The van der Waals surface area contributed by atoms with Crippen LogP contribution in [0.4, 0.5) is 0 Å². The summed E-state index contributed by atoms with van der Waals surface area (Å²) in [6.45, 7) is 7.23. The van der Waals surface area contributed by atoms with Crippen molar-refractivity contribution in [3.05, 3.63) is 0 Å². The van der Waals surface area contributed by atoms with Gasteiger partial charge >= 0.3 is 0 Å². The Morgan fingerprint density at radius 3 is 2.58 bits per heavy atom. The average molecular weight is 171 g/mol. The minimum atomic E-state index is 0.206. The van der Waals surface area contributed by atoms with Crippen molar-refractivity contribution in [3.8, 4) is 0 Å². The summed E-state index contributed by atoms with van der Waals surface area (Å²) in [4.78, 5) is 11.1. The fourth-order valence-electron chi connectivity index (χ4n) is 0.934. The molecule has 0 aliphatic heterocycles. The molecule has 0 radical (unpaired) electrons. The third kappa shape index (κ3) is 6.20. The smallest absolute Gasteiger partial charge is 0.220 e. The molecule has 0 saturated carbocycles. The van der Waals surface area contributed by atoms with E-state index in [4.69, 9.17) is 0 Å². The van der Waals surface area contributed by atoms with Gasteiger partial charge in [0.25, 0.3) is 0 Å². The summed E-state index contributed by atoms with van der Waals surface area (Å²) < 4.78 is 0. The average Bonchev–Trinajstić information content (AvgIpc) is 2.10. The lowest BCUT2D eigenvalue weighted by molar-refractivity contribution is -0.121. The predicted octanol–water partition coefficient (Wildman–Crippen LogP) is 2.34. The second kappa shape index (κ2) is 7.14. The predicted molar refractivity (Wildman–Crippen MR) is 52.0 cm³/mol. The van der Waals surface area contributed by atoms with Gasteiger partial charge in [-0.3, -0.25) is 4.79 Å². The van der Waals surface area contributed by atoms with Crippen LogP contribution in [0.3, 0.4) is 0 Å². The Balaban J connectivity index is 3.31. The molecule has 0 heterocycles. The van der Waals surface area contributed by atoms with E-state index in [-0.39, 0.29) is 5.91 Å². The maximum absolute atomic E-state index is 11.1. The van der Waals surface area contributed by atoms with E-state index in [2.05, 4.69) is 26.1 Å². The lowest BCUT2D eigenvalue weighted by Gasteiger charge is -2.07. The summed E-state index contributed by atoms with van der Waals surface area (Å²) >= 11 is 0. The van der Waals surface area contributed by atoms with Gasteiger partial charge in [0.05, 0.1) is 0 Å². The van der Waals surface area contributed by atoms with Crippen molar-refractivity contribution in [2.45, 2.75) is 46.5 Å². The van der Waals surface area contributed by atoms with Crippen LogP contribution in [0.5, 0.6) is 0 Å². The molecule has 0 aliphatic carbocycles. The Labute approximate surface area is 75.7 Å². The Morgan fingerprint density at radius 2 is 2.08 bits per heavy atom. The van der Waals surface area contributed by atoms with Crippen molar-refractivity contribution in [1.82, 2.24) is 5.32 Å². The van der Waals surface area contributed by atoms with Crippen molar-refractivity contribution in [3.63, 3.8) is 0 Å². The van der Waals surface area contributed by atoms with Gasteiger partial charge in [0.1, 0.15) is 0 Å². The lowest BCUT2D eigenvalue weighted by atomic mass is 10.0. The van der Waals surface area contributed by atoms with E-state index in [1.54, 1.807) is 0 Å². The Kier molecular flexibility index (Phi) is 6.82. The first-order chi connectivity index (χ1) is 5.70. The summed E-state index contributed by atoms with van der Waals surface area (Å²) in [6, 6.07) is 0. The van der Waals surface area contributed by atoms with Crippen LogP contribution in [0.15, 0.2) is 0 Å². The highest BCUT2D eigenvalue weighted by molar-refractivity contribution is 5.75. The number of nitrogens with one attached hydrogen (secondary N) is 1. The third-order valence-corrected chi connectivity index (χ3v) is 2.13. The van der Waals surface area contributed by atoms with Crippen LogP contribution in [-0.2, 0) is 4.79 Å². The van der Waals surface area contributed by atoms with Crippen LogP contribution in [0.1, 0.15) is 46.5 Å². The van der Waals surface area contributed by atoms with Gasteiger partial charge < -0.3 is 5.32 Å². The summed E-state index contributed by atoms with van der Waals surface area (Å²) in [6.07, 6.45) is 3.90. The molecule has 1 atom stereocenters. The number of rotatable bonds is 6. The van der Waals surface area contributed by atoms with Crippen LogP contribution >= 0.6 is 0 Å². The molecule has 0 aromatic rings. The second-order valence-electron chi connectivity index (χ2n) is 3.40. The standard InChI is InChI=1S/C10H21NO/c1-4-8-11-10(12)7-6-9(3)5-2/h9H,4-8H2,1-3H3,(H,11,12). The van der Waals surface area contributed by atoms with Crippen molar-refractivity contribution >= 4 is 5.91 Å². The molecule has 72 valence electrons. The minimum absolute atomic E-state index is 0.206. The molecule has 0 spiro atoms. The fraction of sp³-hybridized carbons (Fsp3) is 0.900. The van der Waals surface area contributed by atoms with Gasteiger partial charge in [-0.15, -0.1) is 0 Å². The SMILES string of the molecule is CCCNC(=O)CCC(C)CC. The maximum Gasteiger partial charge on any atom is 0.220 e. The zero-order chi connectivity index (χ0) is 9.40. The molecule has 2 nitrogen and oxygen atoms in total. The zero-order valence-corrected chi connectivity index (χ0v) is 8.52. The number of hydrogen-bond acceptors (Lipinski definition) is 1. The van der Waals surface area contributed by atoms with E-state index < -0.39 is 0 Å². The Bertz CT molecular complexity index is 123. The fourth-order valence-corrected chi connectivity index (χ4v) is 0.934. The highest BCUT2D eigenvalue weighted by atomic mass is 16.1. The van der Waals surface area contributed by atoms with E-state index in [0.717, 1.165) is 19.4 Å². The van der Waals surface area contributed by atoms with Crippen molar-refractivity contribution in [2.75, 3.05) is 6.54 Å². The molecule has 0 aromatic carbocycles. The summed E-state index contributed by atoms with van der Waals surface area (Å²) in [5, 5.41) is 2.87. The number of carbonyl (C=O) groups is 1. The second-order valence-corrected chi connectivity index (χ2v) is 3.40. The van der Waals surface area contributed by atoms with Crippen molar-refractivity contribution in [2.24, 2.45) is 5.92 Å². The highest BCUT2D eigenvalue weighted by Crippen LogP contribution is 2.08. The molecule has 0 rings (SSSR count). The van der Waals surface area contributed by atoms with E-state index in [0.29, 0.717) is 12.3 Å². The van der Waals surface area contributed by atoms with Gasteiger partial charge in [-0.1, -0.05) is 27.2 Å². The largest absolute Gasteiger partial charge is 0.356 e. The lowest BCUT2D eigenvalue weighted by Crippen LogP contribution is -2.24. The summed E-state index contributed by atoms with van der Waals surface area (Å²) in [5.74, 6) is 0.884.